The Labute approximate surface area is 322 Å². The van der Waals surface area contributed by atoms with Crippen LogP contribution in [0.15, 0.2) is 177 Å². The Morgan fingerprint density at radius 3 is 1.57 bits per heavy atom. The molecule has 1 N–H and O–H groups in total. The van der Waals surface area contributed by atoms with E-state index >= 15 is 0 Å². The van der Waals surface area contributed by atoms with Crippen molar-refractivity contribution in [1.82, 2.24) is 24.1 Å². The van der Waals surface area contributed by atoms with E-state index in [4.69, 9.17) is 0 Å². The van der Waals surface area contributed by atoms with Crippen LogP contribution in [0.1, 0.15) is 0 Å². The molecular weight excluding hydrogens is 793 g/mol. The van der Waals surface area contributed by atoms with Gasteiger partial charge in [0.25, 0.3) is 11.4 Å². The molecule has 0 aliphatic carbocycles. The first kappa shape index (κ1) is 35.5. The SMILES string of the molecule is O=[N+]([O-])c1ccccc1-c1ccc(-n2ccnc2)cc1.O=[N+]([O-])c1ccccc1-c1ccc(I)cc1.c1ccc2c(c1)[nH]c1cc(-n3ccnc3)ccc12. The van der Waals surface area contributed by atoms with Gasteiger partial charge < -0.3 is 14.1 Å². The molecule has 3 heterocycles. The first-order chi connectivity index (χ1) is 26.4. The van der Waals surface area contributed by atoms with Crippen molar-refractivity contribution in [1.29, 1.82) is 0 Å². The van der Waals surface area contributed by atoms with Gasteiger partial charge in [0.05, 0.1) is 33.6 Å². The van der Waals surface area contributed by atoms with Crippen LogP contribution in [0.2, 0.25) is 0 Å². The molecule has 0 saturated carbocycles. The highest BCUT2D eigenvalue weighted by atomic mass is 127. The number of rotatable bonds is 6. The highest BCUT2D eigenvalue weighted by Gasteiger charge is 2.15. The minimum absolute atomic E-state index is 0.114. The predicted octanol–water partition coefficient (Wildman–Crippen LogP) is 10.8. The summed E-state index contributed by atoms with van der Waals surface area (Å²) in [5, 5.41) is 24.4. The summed E-state index contributed by atoms with van der Waals surface area (Å²) in [5.41, 5.74) is 7.63. The second-order valence-corrected chi connectivity index (χ2v) is 13.2. The van der Waals surface area contributed by atoms with Crippen LogP contribution in [-0.2, 0) is 0 Å². The maximum atomic E-state index is 11.0. The van der Waals surface area contributed by atoms with Gasteiger partial charge in [-0.3, -0.25) is 20.2 Å². The van der Waals surface area contributed by atoms with Gasteiger partial charge in [0, 0.05) is 73.7 Å². The van der Waals surface area contributed by atoms with Gasteiger partial charge in [-0.15, -0.1) is 0 Å². The lowest BCUT2D eigenvalue weighted by Crippen LogP contribution is -1.93. The van der Waals surface area contributed by atoms with Crippen molar-refractivity contribution >= 4 is 55.8 Å². The molecule has 264 valence electrons. The molecule has 11 nitrogen and oxygen atoms in total. The van der Waals surface area contributed by atoms with E-state index in [1.165, 1.54) is 28.4 Å². The van der Waals surface area contributed by atoms with Crippen molar-refractivity contribution in [3.05, 3.63) is 201 Å². The third kappa shape index (κ3) is 7.93. The van der Waals surface area contributed by atoms with Crippen molar-refractivity contribution in [2.45, 2.75) is 0 Å². The molecule has 6 aromatic carbocycles. The quantitative estimate of drug-likeness (QED) is 0.101. The largest absolute Gasteiger partial charge is 0.354 e. The summed E-state index contributed by atoms with van der Waals surface area (Å²) < 4.78 is 4.99. The number of fused-ring (bicyclic) bond motifs is 3. The number of nitrogens with one attached hydrogen (secondary N) is 1. The number of nitrogens with zero attached hydrogens (tertiary/aromatic N) is 6. The molecule has 0 saturated heterocycles. The molecule has 0 atom stereocenters. The molecule has 9 aromatic rings. The number of para-hydroxylation sites is 3. The van der Waals surface area contributed by atoms with Gasteiger partial charge in [0.2, 0.25) is 0 Å². The average molecular weight is 824 g/mol. The molecule has 0 spiro atoms. The average Bonchev–Trinajstić information content (AvgIpc) is 4.01. The monoisotopic (exact) mass is 823 g/mol. The second-order valence-electron chi connectivity index (χ2n) is 11.9. The minimum Gasteiger partial charge on any atom is -0.354 e. The maximum Gasteiger partial charge on any atom is 0.277 e. The number of nitro groups is 2. The summed E-state index contributed by atoms with van der Waals surface area (Å²) in [6.07, 6.45) is 10.8. The second kappa shape index (κ2) is 16.2. The maximum absolute atomic E-state index is 11.0. The molecule has 0 radical (unpaired) electrons. The molecule has 0 unspecified atom stereocenters. The van der Waals surface area contributed by atoms with E-state index in [-0.39, 0.29) is 21.2 Å². The summed E-state index contributed by atoms with van der Waals surface area (Å²) >= 11 is 2.20. The van der Waals surface area contributed by atoms with Gasteiger partial charge in [-0.05, 0) is 88.3 Å². The highest BCUT2D eigenvalue weighted by Crippen LogP contribution is 2.31. The standard InChI is InChI=1S/C15H11N3O2.C15H11N3.C12H8INO2/c19-18(20)15-4-2-1-3-14(15)12-5-7-13(8-6-12)17-10-9-16-11-17;1-2-4-14-12(3-1)13-6-5-11(9-15(13)17-14)18-8-7-16-10-18;13-10-7-5-9(6-8-10)11-3-1-2-4-12(11)14(15)16/h1-11H;1-10,17H;1-8H. The van der Waals surface area contributed by atoms with Crippen LogP contribution in [0.5, 0.6) is 0 Å². The molecule has 12 heteroatoms. The number of benzene rings is 6. The number of imidazole rings is 2. The number of aromatic amines is 1. The predicted molar refractivity (Wildman–Crippen MR) is 220 cm³/mol. The summed E-state index contributed by atoms with van der Waals surface area (Å²) in [4.78, 5) is 32.7. The van der Waals surface area contributed by atoms with Gasteiger partial charge >= 0.3 is 0 Å². The number of hydrogen-bond donors (Lipinski definition) is 1. The lowest BCUT2D eigenvalue weighted by atomic mass is 10.0. The molecule has 0 fully saturated rings. The van der Waals surface area contributed by atoms with Crippen molar-refractivity contribution in [2.75, 3.05) is 0 Å². The van der Waals surface area contributed by atoms with Gasteiger partial charge in [0.1, 0.15) is 0 Å². The summed E-state index contributed by atoms with van der Waals surface area (Å²) in [7, 11) is 0. The molecular formula is C42H30IN7O4. The fraction of sp³-hybridized carbons (Fsp3) is 0. The number of aromatic nitrogens is 5. The number of H-pyrrole nitrogens is 1. The van der Waals surface area contributed by atoms with E-state index in [1.54, 1.807) is 55.1 Å². The first-order valence-corrected chi connectivity index (χ1v) is 17.7. The van der Waals surface area contributed by atoms with E-state index in [2.05, 4.69) is 80.0 Å². The van der Waals surface area contributed by atoms with Gasteiger partial charge in [-0.1, -0.05) is 72.8 Å². The minimum atomic E-state index is -0.362. The van der Waals surface area contributed by atoms with Crippen LogP contribution in [0.25, 0.3) is 55.4 Å². The molecule has 0 aliphatic rings. The first-order valence-electron chi connectivity index (χ1n) is 16.7. The molecule has 9 rings (SSSR count). The zero-order valence-corrected chi connectivity index (χ0v) is 30.6. The fourth-order valence-electron chi connectivity index (χ4n) is 6.02. The zero-order valence-electron chi connectivity index (χ0n) is 28.4. The third-order valence-electron chi connectivity index (χ3n) is 8.63. The highest BCUT2D eigenvalue weighted by molar-refractivity contribution is 14.1. The van der Waals surface area contributed by atoms with E-state index < -0.39 is 0 Å². The van der Waals surface area contributed by atoms with E-state index in [0.29, 0.717) is 11.1 Å². The Morgan fingerprint density at radius 1 is 0.537 bits per heavy atom. The smallest absolute Gasteiger partial charge is 0.277 e. The Kier molecular flexibility index (Phi) is 10.6. The van der Waals surface area contributed by atoms with Crippen LogP contribution < -0.4 is 0 Å². The summed E-state index contributed by atoms with van der Waals surface area (Å²) in [6.45, 7) is 0. The molecule has 54 heavy (non-hydrogen) atoms. The van der Waals surface area contributed by atoms with E-state index in [9.17, 15) is 20.2 Å². The summed E-state index contributed by atoms with van der Waals surface area (Å²) in [6, 6.07) is 43.5. The Bertz CT molecular complexity index is 2670. The Morgan fingerprint density at radius 2 is 1.02 bits per heavy atom. The number of halogens is 1. The third-order valence-corrected chi connectivity index (χ3v) is 9.35. The van der Waals surface area contributed by atoms with Crippen LogP contribution in [0, 0.1) is 23.8 Å². The van der Waals surface area contributed by atoms with Crippen molar-refractivity contribution in [3.63, 3.8) is 0 Å². The van der Waals surface area contributed by atoms with Gasteiger partial charge in [-0.25, -0.2) is 9.97 Å². The summed E-state index contributed by atoms with van der Waals surface area (Å²) in [5.74, 6) is 0. The normalized spacial score (nSPS) is 10.6. The van der Waals surface area contributed by atoms with Gasteiger partial charge in [-0.2, -0.15) is 0 Å². The molecule has 3 aromatic heterocycles. The van der Waals surface area contributed by atoms with Crippen molar-refractivity contribution in [3.8, 4) is 33.6 Å². The molecule has 0 aliphatic heterocycles. The molecule has 0 amide bonds. The Balaban J connectivity index is 0.000000126. The van der Waals surface area contributed by atoms with E-state index in [0.717, 1.165) is 31.6 Å². The lowest BCUT2D eigenvalue weighted by molar-refractivity contribution is -0.384. The Hall–Kier alpha value is -6.93. The van der Waals surface area contributed by atoms with Gasteiger partial charge in [0.15, 0.2) is 0 Å². The van der Waals surface area contributed by atoms with Crippen LogP contribution in [0.3, 0.4) is 0 Å². The van der Waals surface area contributed by atoms with Crippen LogP contribution >= 0.6 is 22.6 Å². The van der Waals surface area contributed by atoms with E-state index in [1.807, 2.05) is 76.4 Å². The van der Waals surface area contributed by atoms with Crippen LogP contribution in [-0.4, -0.2) is 33.9 Å². The fourth-order valence-corrected chi connectivity index (χ4v) is 6.38. The molecule has 0 bridgehead atoms. The van der Waals surface area contributed by atoms with Crippen molar-refractivity contribution < 1.29 is 9.85 Å². The zero-order chi connectivity index (χ0) is 37.4. The topological polar surface area (TPSA) is 138 Å². The lowest BCUT2D eigenvalue weighted by Gasteiger charge is -2.05. The number of nitro benzene ring substituents is 2. The number of hydrogen-bond acceptors (Lipinski definition) is 6. The van der Waals surface area contributed by atoms with Crippen molar-refractivity contribution in [2.24, 2.45) is 0 Å². The van der Waals surface area contributed by atoms with Crippen LogP contribution in [0.4, 0.5) is 11.4 Å².